The first-order valence-corrected chi connectivity index (χ1v) is 11.6. The number of benzene rings is 2. The van der Waals surface area contributed by atoms with Crippen LogP contribution in [0.3, 0.4) is 0 Å². The molecule has 0 bridgehead atoms. The van der Waals surface area contributed by atoms with Crippen LogP contribution in [0, 0.1) is 11.6 Å². The molecule has 4 aromatic rings. The smallest absolute Gasteiger partial charge is 0.178 e. The average molecular weight is 474 g/mol. The molecule has 9 nitrogen and oxygen atoms in total. The fraction of sp³-hybridized carbons (Fsp3) is 0.238. The Balaban J connectivity index is 1.86. The van der Waals surface area contributed by atoms with Crippen LogP contribution >= 0.6 is 0 Å². The van der Waals surface area contributed by atoms with Gasteiger partial charge in [0, 0.05) is 5.56 Å². The van der Waals surface area contributed by atoms with Gasteiger partial charge in [0.1, 0.15) is 36.6 Å². The molecule has 0 saturated carbocycles. The summed E-state index contributed by atoms with van der Waals surface area (Å²) in [7, 11) is -2.08. The number of rotatable bonds is 8. The molecular formula is C21H20F2N6O3S. The van der Waals surface area contributed by atoms with E-state index in [4.69, 9.17) is 4.74 Å². The summed E-state index contributed by atoms with van der Waals surface area (Å²) in [6.45, 7) is 1.57. The molecule has 0 fully saturated rings. The first-order chi connectivity index (χ1) is 15.8. The predicted octanol–water partition coefficient (Wildman–Crippen LogP) is 2.71. The zero-order valence-electron chi connectivity index (χ0n) is 17.8. The maximum absolute atomic E-state index is 14.4. The Morgan fingerprint density at radius 3 is 2.61 bits per heavy atom. The van der Waals surface area contributed by atoms with Crippen LogP contribution in [0.15, 0.2) is 53.9 Å². The van der Waals surface area contributed by atoms with Gasteiger partial charge in [-0.05, 0) is 36.4 Å². The largest absolute Gasteiger partial charge is 0.496 e. The van der Waals surface area contributed by atoms with Gasteiger partial charge < -0.3 is 4.74 Å². The fourth-order valence-corrected chi connectivity index (χ4v) is 4.18. The van der Waals surface area contributed by atoms with E-state index in [1.165, 1.54) is 47.3 Å². The third kappa shape index (κ3) is 4.75. The summed E-state index contributed by atoms with van der Waals surface area (Å²) in [5.41, 5.74) is 0.408. The van der Waals surface area contributed by atoms with Crippen LogP contribution in [0.2, 0.25) is 0 Å². The van der Waals surface area contributed by atoms with Gasteiger partial charge in [0.2, 0.25) is 0 Å². The molecule has 0 aliphatic heterocycles. The van der Waals surface area contributed by atoms with Gasteiger partial charge in [0.15, 0.2) is 21.5 Å². The first kappa shape index (κ1) is 22.5. The molecule has 33 heavy (non-hydrogen) atoms. The summed E-state index contributed by atoms with van der Waals surface area (Å²) in [6.07, 6.45) is 2.85. The topological polar surface area (TPSA) is 105 Å². The minimum absolute atomic E-state index is 0.0600. The number of ether oxygens (including phenoxy) is 1. The Kier molecular flexibility index (Phi) is 6.18. The van der Waals surface area contributed by atoms with Gasteiger partial charge in [-0.25, -0.2) is 36.5 Å². The molecular weight excluding hydrogens is 454 g/mol. The van der Waals surface area contributed by atoms with Crippen molar-refractivity contribution in [2.45, 2.75) is 24.9 Å². The Hall–Kier alpha value is -3.67. The summed E-state index contributed by atoms with van der Waals surface area (Å²) < 4.78 is 61.4. The second-order valence-electron chi connectivity index (χ2n) is 7.10. The van der Waals surface area contributed by atoms with E-state index in [0.29, 0.717) is 17.1 Å². The van der Waals surface area contributed by atoms with Crippen molar-refractivity contribution >= 4 is 9.84 Å². The third-order valence-corrected chi connectivity index (χ3v) is 6.70. The van der Waals surface area contributed by atoms with Crippen molar-refractivity contribution < 1.29 is 21.9 Å². The molecule has 2 aromatic carbocycles. The molecule has 0 unspecified atom stereocenters. The van der Waals surface area contributed by atoms with Crippen molar-refractivity contribution in [1.82, 2.24) is 29.5 Å². The molecule has 172 valence electrons. The molecule has 0 amide bonds. The standard InChI is InChI=1S/C21H20F2N6O3S/c1-3-33(30,31)16-5-7-19(32-2)17(9-16)21-26-20(11-28-13-24-12-25-28)27-29(21)10-14-8-15(22)4-6-18(14)23/h4-9,12-13H,3,10-11H2,1-2H3. The van der Waals surface area contributed by atoms with E-state index in [1.54, 1.807) is 6.92 Å². The van der Waals surface area contributed by atoms with E-state index in [-0.39, 0.29) is 35.1 Å². The highest BCUT2D eigenvalue weighted by Gasteiger charge is 2.21. The third-order valence-electron chi connectivity index (χ3n) is 4.96. The number of hydrogen-bond acceptors (Lipinski definition) is 7. The first-order valence-electron chi connectivity index (χ1n) is 9.92. The van der Waals surface area contributed by atoms with E-state index in [0.717, 1.165) is 18.2 Å². The molecule has 4 rings (SSSR count). The highest BCUT2D eigenvalue weighted by molar-refractivity contribution is 7.91. The quantitative estimate of drug-likeness (QED) is 0.387. The molecule has 0 radical (unpaired) electrons. The van der Waals surface area contributed by atoms with Crippen LogP contribution in [-0.2, 0) is 22.9 Å². The van der Waals surface area contributed by atoms with Gasteiger partial charge in [0.05, 0.1) is 29.9 Å². The molecule has 0 aliphatic rings. The van der Waals surface area contributed by atoms with Gasteiger partial charge in [-0.3, -0.25) is 0 Å². The Bertz CT molecular complexity index is 1390. The number of halogens is 2. The lowest BCUT2D eigenvalue weighted by atomic mass is 10.1. The van der Waals surface area contributed by atoms with Crippen LogP contribution in [0.1, 0.15) is 18.3 Å². The number of methoxy groups -OCH3 is 1. The van der Waals surface area contributed by atoms with Crippen molar-refractivity contribution in [3.63, 3.8) is 0 Å². The number of hydrogen-bond donors (Lipinski definition) is 0. The second kappa shape index (κ2) is 9.06. The number of nitrogens with zero attached hydrogens (tertiary/aromatic N) is 6. The van der Waals surface area contributed by atoms with E-state index in [2.05, 4.69) is 20.2 Å². The van der Waals surface area contributed by atoms with Crippen LogP contribution in [0.5, 0.6) is 5.75 Å². The van der Waals surface area contributed by atoms with Gasteiger partial charge >= 0.3 is 0 Å². The molecule has 12 heteroatoms. The monoisotopic (exact) mass is 474 g/mol. The van der Waals surface area contributed by atoms with Crippen molar-refractivity contribution in [3.05, 3.63) is 72.1 Å². The molecule has 0 saturated heterocycles. The van der Waals surface area contributed by atoms with Gasteiger partial charge in [-0.2, -0.15) is 10.2 Å². The van der Waals surface area contributed by atoms with Crippen LogP contribution in [0.25, 0.3) is 11.4 Å². The number of sulfone groups is 1. The van der Waals surface area contributed by atoms with Crippen molar-refractivity contribution in [2.75, 3.05) is 12.9 Å². The van der Waals surface area contributed by atoms with Crippen LogP contribution < -0.4 is 4.74 Å². The van der Waals surface area contributed by atoms with Gasteiger partial charge in [-0.15, -0.1) is 0 Å². The molecule has 0 aliphatic carbocycles. The molecule has 0 spiro atoms. The van der Waals surface area contributed by atoms with E-state index >= 15 is 0 Å². The average Bonchev–Trinajstić information content (AvgIpc) is 3.46. The van der Waals surface area contributed by atoms with Crippen LogP contribution in [0.4, 0.5) is 8.78 Å². The van der Waals surface area contributed by atoms with Gasteiger partial charge in [0.25, 0.3) is 0 Å². The lowest BCUT2D eigenvalue weighted by molar-refractivity contribution is 0.415. The molecule has 2 aromatic heterocycles. The highest BCUT2D eigenvalue weighted by atomic mass is 32.2. The number of aromatic nitrogens is 6. The normalized spacial score (nSPS) is 11.6. The Morgan fingerprint density at radius 2 is 1.91 bits per heavy atom. The Labute approximate surface area is 188 Å². The minimum Gasteiger partial charge on any atom is -0.496 e. The van der Waals surface area contributed by atoms with Crippen molar-refractivity contribution in [2.24, 2.45) is 0 Å². The van der Waals surface area contributed by atoms with E-state index in [1.807, 2.05) is 0 Å². The summed E-state index contributed by atoms with van der Waals surface area (Å²) in [6, 6.07) is 7.56. The summed E-state index contributed by atoms with van der Waals surface area (Å²) in [4.78, 5) is 8.50. The highest BCUT2D eigenvalue weighted by Crippen LogP contribution is 2.32. The maximum atomic E-state index is 14.4. The van der Waals surface area contributed by atoms with Gasteiger partial charge in [-0.1, -0.05) is 6.92 Å². The lowest BCUT2D eigenvalue weighted by Gasteiger charge is -2.12. The molecule has 0 N–H and O–H groups in total. The maximum Gasteiger partial charge on any atom is 0.178 e. The minimum atomic E-state index is -3.52. The fourth-order valence-electron chi connectivity index (χ4n) is 3.27. The zero-order chi connectivity index (χ0) is 23.6. The molecule has 0 atom stereocenters. The zero-order valence-corrected chi connectivity index (χ0v) is 18.6. The SMILES string of the molecule is CCS(=O)(=O)c1ccc(OC)c(-c2nc(Cn3cncn3)nn2Cc2cc(F)ccc2F)c1. The van der Waals surface area contributed by atoms with E-state index < -0.39 is 21.5 Å². The summed E-state index contributed by atoms with van der Waals surface area (Å²) in [5, 5.41) is 8.46. The second-order valence-corrected chi connectivity index (χ2v) is 9.38. The Morgan fingerprint density at radius 1 is 1.09 bits per heavy atom. The van der Waals surface area contributed by atoms with Crippen LogP contribution in [-0.4, -0.2) is 50.8 Å². The predicted molar refractivity (Wildman–Crippen MR) is 114 cm³/mol. The summed E-state index contributed by atoms with van der Waals surface area (Å²) in [5.74, 6) is -0.380. The van der Waals surface area contributed by atoms with Crippen molar-refractivity contribution in [1.29, 1.82) is 0 Å². The molecule has 2 heterocycles. The van der Waals surface area contributed by atoms with E-state index in [9.17, 15) is 17.2 Å². The summed E-state index contributed by atoms with van der Waals surface area (Å²) >= 11 is 0. The van der Waals surface area contributed by atoms with Crippen molar-refractivity contribution in [3.8, 4) is 17.1 Å². The lowest BCUT2D eigenvalue weighted by Crippen LogP contribution is -2.09.